The molecule has 1 aliphatic rings. The molecule has 2 rings (SSSR count). The third kappa shape index (κ3) is 2.14. The van der Waals surface area contributed by atoms with Crippen LogP contribution in [0.1, 0.15) is 23.7 Å². The number of carbonyl (C=O) groups is 1. The number of carboxylic acid groups (broad SMARTS) is 1. The molecule has 0 aliphatic carbocycles. The lowest BCUT2D eigenvalue weighted by atomic mass is 10.2. The number of carboxylic acids is 1. The van der Waals surface area contributed by atoms with Gasteiger partial charge in [0.05, 0.1) is 16.3 Å². The van der Waals surface area contributed by atoms with E-state index in [1.54, 1.807) is 12.1 Å². The fraction of sp³-hybridized carbons (Fsp3) is 0.417. The number of hydrogen-bond acceptors (Lipinski definition) is 2. The minimum atomic E-state index is -0.941. The molecule has 0 saturated carbocycles. The second kappa shape index (κ2) is 4.34. The van der Waals surface area contributed by atoms with Crippen molar-refractivity contribution in [1.82, 2.24) is 0 Å². The Balaban J connectivity index is 2.26. The molecule has 3 nitrogen and oxygen atoms in total. The van der Waals surface area contributed by atoms with Gasteiger partial charge in [0.2, 0.25) is 0 Å². The molecule has 0 aromatic heterocycles. The Morgan fingerprint density at radius 2 is 2.31 bits per heavy atom. The molecule has 1 fully saturated rings. The van der Waals surface area contributed by atoms with Crippen molar-refractivity contribution in [2.45, 2.75) is 13.3 Å². The third-order valence-corrected chi connectivity index (χ3v) is 3.26. The van der Waals surface area contributed by atoms with Gasteiger partial charge in [-0.25, -0.2) is 4.79 Å². The zero-order chi connectivity index (χ0) is 11.7. The second-order valence-electron chi connectivity index (χ2n) is 4.31. The van der Waals surface area contributed by atoms with Gasteiger partial charge < -0.3 is 10.0 Å². The molecule has 1 N–H and O–H groups in total. The molecule has 1 aromatic carbocycles. The number of rotatable bonds is 2. The molecule has 0 spiro atoms. The predicted molar refractivity (Wildman–Crippen MR) is 64.4 cm³/mol. The van der Waals surface area contributed by atoms with Crippen LogP contribution in [0.15, 0.2) is 18.2 Å². The van der Waals surface area contributed by atoms with E-state index >= 15 is 0 Å². The zero-order valence-electron chi connectivity index (χ0n) is 9.11. The summed E-state index contributed by atoms with van der Waals surface area (Å²) in [6.45, 7) is 4.19. The fourth-order valence-corrected chi connectivity index (χ4v) is 2.35. The topological polar surface area (TPSA) is 40.5 Å². The molecule has 1 aromatic rings. The molecule has 0 amide bonds. The van der Waals surface area contributed by atoms with E-state index in [-0.39, 0.29) is 5.56 Å². The Labute approximate surface area is 99.6 Å². The van der Waals surface area contributed by atoms with Crippen LogP contribution in [0.2, 0.25) is 5.02 Å². The van der Waals surface area contributed by atoms with E-state index in [1.165, 1.54) is 6.07 Å². The van der Waals surface area contributed by atoms with Gasteiger partial charge in [-0.15, -0.1) is 0 Å². The number of hydrogen-bond donors (Lipinski definition) is 1. The summed E-state index contributed by atoms with van der Waals surface area (Å²) < 4.78 is 0. The average Bonchev–Trinajstić information content (AvgIpc) is 2.64. The minimum absolute atomic E-state index is 0.237. The lowest BCUT2D eigenvalue weighted by molar-refractivity contribution is 0.0697. The molecular weight excluding hydrogens is 226 g/mol. The number of benzene rings is 1. The molecule has 4 heteroatoms. The van der Waals surface area contributed by atoms with Gasteiger partial charge in [0.1, 0.15) is 0 Å². The maximum absolute atomic E-state index is 10.8. The molecule has 86 valence electrons. The summed E-state index contributed by atoms with van der Waals surface area (Å²) in [6.07, 6.45) is 1.16. The molecule has 1 unspecified atom stereocenters. The summed E-state index contributed by atoms with van der Waals surface area (Å²) >= 11 is 6.10. The van der Waals surface area contributed by atoms with E-state index in [2.05, 4.69) is 11.8 Å². The van der Waals surface area contributed by atoms with Gasteiger partial charge in [0, 0.05) is 13.1 Å². The molecule has 0 bridgehead atoms. The van der Waals surface area contributed by atoms with Crippen LogP contribution in [0.5, 0.6) is 0 Å². The van der Waals surface area contributed by atoms with E-state index in [0.29, 0.717) is 10.9 Å². The first-order chi connectivity index (χ1) is 7.58. The third-order valence-electron chi connectivity index (χ3n) is 2.96. The van der Waals surface area contributed by atoms with Gasteiger partial charge in [-0.1, -0.05) is 18.5 Å². The van der Waals surface area contributed by atoms with Crippen LogP contribution in [-0.4, -0.2) is 24.2 Å². The van der Waals surface area contributed by atoms with E-state index in [4.69, 9.17) is 16.7 Å². The van der Waals surface area contributed by atoms with E-state index in [9.17, 15) is 4.79 Å². The van der Waals surface area contributed by atoms with E-state index < -0.39 is 5.97 Å². The molecule has 1 aliphatic heterocycles. The van der Waals surface area contributed by atoms with Gasteiger partial charge in [0.15, 0.2) is 0 Å². The van der Waals surface area contributed by atoms with Crippen LogP contribution in [0.4, 0.5) is 5.69 Å². The zero-order valence-corrected chi connectivity index (χ0v) is 9.87. The monoisotopic (exact) mass is 239 g/mol. The highest BCUT2D eigenvalue weighted by Gasteiger charge is 2.21. The van der Waals surface area contributed by atoms with Crippen LogP contribution < -0.4 is 4.90 Å². The molecular formula is C12H14ClNO2. The van der Waals surface area contributed by atoms with Gasteiger partial charge >= 0.3 is 5.97 Å². The highest BCUT2D eigenvalue weighted by molar-refractivity contribution is 6.33. The number of nitrogens with zero attached hydrogens (tertiary/aromatic N) is 1. The standard InChI is InChI=1S/C12H14ClNO2/c1-8-4-5-14(7-8)11-3-2-9(12(15)16)6-10(11)13/h2-3,6,8H,4-5,7H2,1H3,(H,15,16). The summed E-state index contributed by atoms with van der Waals surface area (Å²) in [5, 5.41) is 9.36. The van der Waals surface area contributed by atoms with Crippen molar-refractivity contribution < 1.29 is 9.90 Å². The maximum atomic E-state index is 10.8. The quantitative estimate of drug-likeness (QED) is 0.863. The van der Waals surface area contributed by atoms with Gasteiger partial charge in [-0.3, -0.25) is 0 Å². The molecule has 1 saturated heterocycles. The summed E-state index contributed by atoms with van der Waals surface area (Å²) in [7, 11) is 0. The van der Waals surface area contributed by atoms with Crippen LogP contribution in [0.3, 0.4) is 0 Å². The minimum Gasteiger partial charge on any atom is -0.478 e. The highest BCUT2D eigenvalue weighted by Crippen LogP contribution is 2.31. The van der Waals surface area contributed by atoms with Crippen molar-refractivity contribution in [3.63, 3.8) is 0 Å². The summed E-state index contributed by atoms with van der Waals surface area (Å²) in [4.78, 5) is 13.0. The highest BCUT2D eigenvalue weighted by atomic mass is 35.5. The Bertz CT molecular complexity index is 419. The molecule has 1 heterocycles. The Hall–Kier alpha value is -1.22. The number of anilines is 1. The first-order valence-electron chi connectivity index (χ1n) is 5.35. The van der Waals surface area contributed by atoms with Crippen molar-refractivity contribution in [2.24, 2.45) is 5.92 Å². The SMILES string of the molecule is CC1CCN(c2ccc(C(=O)O)cc2Cl)C1. The second-order valence-corrected chi connectivity index (χ2v) is 4.72. The fourth-order valence-electron chi connectivity index (χ4n) is 2.05. The lowest BCUT2D eigenvalue weighted by Crippen LogP contribution is -2.19. The van der Waals surface area contributed by atoms with Crippen LogP contribution in [0.25, 0.3) is 0 Å². The Kier molecular flexibility index (Phi) is 3.06. The van der Waals surface area contributed by atoms with Crippen molar-refractivity contribution in [2.75, 3.05) is 18.0 Å². The van der Waals surface area contributed by atoms with Gasteiger partial charge in [-0.2, -0.15) is 0 Å². The molecule has 0 radical (unpaired) electrons. The van der Waals surface area contributed by atoms with Crippen LogP contribution >= 0.6 is 11.6 Å². The number of aromatic carboxylic acids is 1. The molecule has 1 atom stereocenters. The van der Waals surface area contributed by atoms with Crippen LogP contribution in [-0.2, 0) is 0 Å². The van der Waals surface area contributed by atoms with Gasteiger partial charge in [-0.05, 0) is 30.5 Å². The normalized spacial score (nSPS) is 20.1. The predicted octanol–water partition coefficient (Wildman–Crippen LogP) is 2.88. The van der Waals surface area contributed by atoms with E-state index in [1.807, 2.05) is 0 Å². The maximum Gasteiger partial charge on any atom is 0.335 e. The largest absolute Gasteiger partial charge is 0.478 e. The van der Waals surface area contributed by atoms with Crippen LogP contribution in [0, 0.1) is 5.92 Å². The summed E-state index contributed by atoms with van der Waals surface area (Å²) in [5.74, 6) is -0.265. The van der Waals surface area contributed by atoms with Gasteiger partial charge in [0.25, 0.3) is 0 Å². The summed E-state index contributed by atoms with van der Waals surface area (Å²) in [6, 6.07) is 4.92. The lowest BCUT2D eigenvalue weighted by Gasteiger charge is -2.19. The first-order valence-corrected chi connectivity index (χ1v) is 5.73. The van der Waals surface area contributed by atoms with Crippen molar-refractivity contribution in [3.8, 4) is 0 Å². The van der Waals surface area contributed by atoms with E-state index in [0.717, 1.165) is 25.2 Å². The Morgan fingerprint density at radius 1 is 1.56 bits per heavy atom. The van der Waals surface area contributed by atoms with Crippen molar-refractivity contribution >= 4 is 23.3 Å². The summed E-state index contributed by atoms with van der Waals surface area (Å²) in [5.41, 5.74) is 1.18. The molecule has 16 heavy (non-hydrogen) atoms. The first kappa shape index (κ1) is 11.3. The number of halogens is 1. The smallest absolute Gasteiger partial charge is 0.335 e. The van der Waals surface area contributed by atoms with Crippen molar-refractivity contribution in [1.29, 1.82) is 0 Å². The Morgan fingerprint density at radius 3 is 2.81 bits per heavy atom. The van der Waals surface area contributed by atoms with Crippen molar-refractivity contribution in [3.05, 3.63) is 28.8 Å². The average molecular weight is 240 g/mol.